The van der Waals surface area contributed by atoms with Gasteiger partial charge in [0, 0.05) is 22.3 Å². The van der Waals surface area contributed by atoms with Gasteiger partial charge in [0.05, 0.1) is 24.0 Å². The van der Waals surface area contributed by atoms with Crippen LogP contribution in [0.3, 0.4) is 0 Å². The summed E-state index contributed by atoms with van der Waals surface area (Å²) in [6.45, 7) is 6.16. The molecule has 0 radical (unpaired) electrons. The van der Waals surface area contributed by atoms with E-state index in [1.54, 1.807) is 18.3 Å². The van der Waals surface area contributed by atoms with Gasteiger partial charge in [0.25, 0.3) is 5.91 Å². The minimum atomic E-state index is -2.61. The van der Waals surface area contributed by atoms with Gasteiger partial charge in [-0.3, -0.25) is 9.36 Å². The van der Waals surface area contributed by atoms with Gasteiger partial charge in [-0.15, -0.1) is 11.8 Å². The first kappa shape index (κ1) is 24.0. The molecule has 0 saturated heterocycles. The van der Waals surface area contributed by atoms with E-state index in [0.29, 0.717) is 29.6 Å². The van der Waals surface area contributed by atoms with E-state index in [4.69, 9.17) is 10.3 Å². The largest absolute Gasteiger partial charge is 0.382 e. The number of nitrogens with one attached hydrogen (secondary N) is 1. The third-order valence-electron chi connectivity index (χ3n) is 4.75. The van der Waals surface area contributed by atoms with Crippen LogP contribution in [0.2, 0.25) is 0 Å². The molecule has 32 heavy (non-hydrogen) atoms. The number of nitrogen functional groups attached to an aromatic ring is 1. The lowest BCUT2D eigenvalue weighted by Gasteiger charge is -2.15. The number of benzene rings is 2. The summed E-state index contributed by atoms with van der Waals surface area (Å²) in [6, 6.07) is 15.1. The predicted molar refractivity (Wildman–Crippen MR) is 132 cm³/mol. The zero-order valence-corrected chi connectivity index (χ0v) is 20.1. The highest BCUT2D eigenvalue weighted by Crippen LogP contribution is 2.50. The summed E-state index contributed by atoms with van der Waals surface area (Å²) < 4.78 is 18.0. The van der Waals surface area contributed by atoms with Crippen LogP contribution in [0.5, 0.6) is 0 Å². The second-order valence-electron chi connectivity index (χ2n) is 7.16. The summed E-state index contributed by atoms with van der Waals surface area (Å²) in [6.07, 6.45) is 2.06. The predicted octanol–water partition coefficient (Wildman–Crippen LogP) is 5.67. The average molecular weight is 471 g/mol. The maximum atomic E-state index is 12.8. The Kier molecular flexibility index (Phi) is 8.07. The molecule has 0 saturated carbocycles. The number of carbonyl (C=O) groups excluding carboxylic acids is 1. The molecule has 168 valence electrons. The first-order valence-electron chi connectivity index (χ1n) is 10.3. The molecule has 7 nitrogen and oxygen atoms in total. The van der Waals surface area contributed by atoms with Crippen molar-refractivity contribution in [1.29, 1.82) is 0 Å². The molecule has 2 aromatic carbocycles. The van der Waals surface area contributed by atoms with Crippen LogP contribution in [0.1, 0.15) is 29.9 Å². The third kappa shape index (κ3) is 6.19. The molecular formula is C23H27N4O3PS. The Morgan fingerprint density at radius 2 is 1.81 bits per heavy atom. The number of amides is 1. The molecule has 0 aliphatic heterocycles. The van der Waals surface area contributed by atoms with Crippen LogP contribution in [-0.2, 0) is 9.09 Å². The minimum absolute atomic E-state index is 0.0665. The lowest BCUT2D eigenvalue weighted by atomic mass is 10.1. The normalized spacial score (nSPS) is 12.8. The van der Waals surface area contributed by atoms with Gasteiger partial charge in [-0.2, -0.15) is 0 Å². The molecule has 3 N–H and O–H groups in total. The number of carbonyl (C=O) groups is 1. The molecule has 0 fully saturated rings. The van der Waals surface area contributed by atoms with E-state index < -0.39 is 13.3 Å². The van der Waals surface area contributed by atoms with Crippen molar-refractivity contribution in [3.05, 3.63) is 66.0 Å². The standard InChI is InChI=1S/C23H27N4O3PS/c1-4-30-31(29,5-2)15-32-19-12-10-18(11-13-19)26-23(28)21-22(24)25-14-20(27-21)17-8-6-16(3)7-9-17/h6-14H,4-5,15H2,1-3H3,(H2,24,25)(H,26,28). The van der Waals surface area contributed by atoms with Crippen molar-refractivity contribution < 1.29 is 13.9 Å². The number of aryl methyl sites for hydroxylation is 1. The van der Waals surface area contributed by atoms with E-state index in [2.05, 4.69) is 15.3 Å². The number of anilines is 2. The smallest absolute Gasteiger partial charge is 0.278 e. The van der Waals surface area contributed by atoms with Crippen LogP contribution in [-0.4, -0.2) is 34.1 Å². The van der Waals surface area contributed by atoms with E-state index in [-0.39, 0.29) is 11.5 Å². The molecule has 1 heterocycles. The Morgan fingerprint density at radius 3 is 2.44 bits per heavy atom. The van der Waals surface area contributed by atoms with Gasteiger partial charge in [-0.25, -0.2) is 9.97 Å². The number of hydrogen-bond acceptors (Lipinski definition) is 7. The van der Waals surface area contributed by atoms with E-state index in [1.165, 1.54) is 11.8 Å². The van der Waals surface area contributed by atoms with Crippen LogP contribution < -0.4 is 11.1 Å². The number of nitrogens with zero attached hydrogens (tertiary/aromatic N) is 2. The van der Waals surface area contributed by atoms with Crippen molar-refractivity contribution in [3.63, 3.8) is 0 Å². The minimum Gasteiger partial charge on any atom is -0.382 e. The molecule has 1 atom stereocenters. The Morgan fingerprint density at radius 1 is 1.12 bits per heavy atom. The lowest BCUT2D eigenvalue weighted by molar-refractivity contribution is 0.102. The Balaban J connectivity index is 1.69. The summed E-state index contributed by atoms with van der Waals surface area (Å²) in [5.74, 6) is -0.368. The highest BCUT2D eigenvalue weighted by molar-refractivity contribution is 8.05. The summed E-state index contributed by atoms with van der Waals surface area (Å²) >= 11 is 1.48. The molecule has 0 aliphatic carbocycles. The van der Waals surface area contributed by atoms with Gasteiger partial charge in [0.2, 0.25) is 7.37 Å². The maximum absolute atomic E-state index is 12.8. The molecule has 3 rings (SSSR count). The van der Waals surface area contributed by atoms with E-state index >= 15 is 0 Å². The fourth-order valence-corrected chi connectivity index (χ4v) is 6.27. The first-order chi connectivity index (χ1) is 15.3. The Hall–Kier alpha value is -2.67. The van der Waals surface area contributed by atoms with Crippen molar-refractivity contribution in [2.24, 2.45) is 0 Å². The van der Waals surface area contributed by atoms with Crippen LogP contribution in [0, 0.1) is 6.92 Å². The summed E-state index contributed by atoms with van der Waals surface area (Å²) in [7, 11) is -2.61. The maximum Gasteiger partial charge on any atom is 0.278 e. The van der Waals surface area contributed by atoms with Gasteiger partial charge in [0.15, 0.2) is 11.5 Å². The van der Waals surface area contributed by atoms with Crippen LogP contribution in [0.4, 0.5) is 11.5 Å². The molecule has 1 amide bonds. The van der Waals surface area contributed by atoms with Gasteiger partial charge in [0.1, 0.15) is 0 Å². The zero-order valence-electron chi connectivity index (χ0n) is 18.4. The highest BCUT2D eigenvalue weighted by Gasteiger charge is 2.20. The molecule has 1 aromatic heterocycles. The molecule has 1 unspecified atom stereocenters. The summed E-state index contributed by atoms with van der Waals surface area (Å²) in [4.78, 5) is 22.3. The fourth-order valence-electron chi connectivity index (χ4n) is 2.88. The van der Waals surface area contributed by atoms with E-state index in [9.17, 15) is 9.36 Å². The molecule has 3 aromatic rings. The fraction of sp³-hybridized carbons (Fsp3) is 0.261. The third-order valence-corrected chi connectivity index (χ3v) is 9.14. The van der Waals surface area contributed by atoms with Crippen molar-refractivity contribution >= 4 is 36.5 Å². The van der Waals surface area contributed by atoms with E-state index in [0.717, 1.165) is 16.0 Å². The number of thioether (sulfide) groups is 1. The summed E-state index contributed by atoms with van der Waals surface area (Å²) in [5, 5.41) is 2.81. The Bertz CT molecular complexity index is 1120. The van der Waals surface area contributed by atoms with Crippen molar-refractivity contribution in [2.75, 3.05) is 29.3 Å². The van der Waals surface area contributed by atoms with Crippen LogP contribution in [0.15, 0.2) is 59.6 Å². The molecule has 0 aliphatic rings. The first-order valence-corrected chi connectivity index (χ1v) is 13.3. The summed E-state index contributed by atoms with van der Waals surface area (Å²) in [5.41, 5.74) is 9.57. The van der Waals surface area contributed by atoms with Crippen LogP contribution in [0.25, 0.3) is 11.3 Å². The van der Waals surface area contributed by atoms with Crippen molar-refractivity contribution in [1.82, 2.24) is 9.97 Å². The zero-order chi connectivity index (χ0) is 23.1. The van der Waals surface area contributed by atoms with E-state index in [1.807, 2.05) is 57.2 Å². The average Bonchev–Trinajstić information content (AvgIpc) is 2.80. The second kappa shape index (κ2) is 10.8. The van der Waals surface area contributed by atoms with Crippen molar-refractivity contribution in [3.8, 4) is 11.3 Å². The second-order valence-corrected chi connectivity index (χ2v) is 11.5. The quantitative estimate of drug-likeness (QED) is 0.306. The number of hydrogen-bond donors (Lipinski definition) is 2. The molecule has 9 heteroatoms. The van der Waals surface area contributed by atoms with Gasteiger partial charge >= 0.3 is 0 Å². The topological polar surface area (TPSA) is 107 Å². The number of aromatic nitrogens is 2. The number of rotatable bonds is 9. The molecular weight excluding hydrogens is 443 g/mol. The van der Waals surface area contributed by atoms with Crippen molar-refractivity contribution in [2.45, 2.75) is 25.7 Å². The highest BCUT2D eigenvalue weighted by atomic mass is 32.2. The SMILES string of the molecule is CCOP(=O)(CC)CSc1ccc(NC(=O)c2nc(-c3ccc(C)cc3)cnc2N)cc1. The van der Waals surface area contributed by atoms with Gasteiger partial charge in [-0.05, 0) is 38.1 Å². The van der Waals surface area contributed by atoms with Crippen LogP contribution >= 0.6 is 19.1 Å². The molecule has 0 spiro atoms. The monoisotopic (exact) mass is 470 g/mol. The Labute approximate surface area is 192 Å². The lowest BCUT2D eigenvalue weighted by Crippen LogP contribution is -2.17. The molecule has 0 bridgehead atoms. The van der Waals surface area contributed by atoms with Gasteiger partial charge < -0.3 is 15.6 Å². The number of nitrogens with two attached hydrogens (primary N) is 1. The van der Waals surface area contributed by atoms with Gasteiger partial charge in [-0.1, -0.05) is 36.8 Å².